The molecule has 1 aromatic carbocycles. The number of pyridine rings is 1. The molecule has 0 saturated carbocycles. The fourth-order valence-corrected chi connectivity index (χ4v) is 2.54. The highest BCUT2D eigenvalue weighted by molar-refractivity contribution is 5.79. The fraction of sp³-hybridized carbons (Fsp3) is 0.429. The molecular weight excluding hydrogens is 340 g/mol. The Morgan fingerprint density at radius 1 is 1.19 bits per heavy atom. The number of ether oxygens (including phenoxy) is 2. The van der Waals surface area contributed by atoms with Crippen molar-refractivity contribution >= 4 is 5.96 Å². The number of aliphatic imine (C=N–C) groups is 1. The maximum atomic E-state index is 5.85. The number of methoxy groups -OCH3 is 1. The van der Waals surface area contributed by atoms with Gasteiger partial charge in [-0.15, -0.1) is 0 Å². The molecule has 0 bridgehead atoms. The lowest BCUT2D eigenvalue weighted by atomic mass is 10.1. The summed E-state index contributed by atoms with van der Waals surface area (Å²) in [6.45, 7) is 7.36. The van der Waals surface area contributed by atoms with E-state index in [1.165, 1.54) is 5.56 Å². The van der Waals surface area contributed by atoms with E-state index in [1.54, 1.807) is 13.3 Å². The first-order chi connectivity index (χ1) is 13.2. The van der Waals surface area contributed by atoms with E-state index in [0.29, 0.717) is 19.8 Å². The molecule has 1 heterocycles. The van der Waals surface area contributed by atoms with E-state index in [4.69, 9.17) is 14.5 Å². The Morgan fingerprint density at radius 2 is 2.07 bits per heavy atom. The quantitative estimate of drug-likeness (QED) is 0.382. The molecule has 0 radical (unpaired) electrons. The van der Waals surface area contributed by atoms with Crippen molar-refractivity contribution < 1.29 is 9.47 Å². The second-order valence-corrected chi connectivity index (χ2v) is 6.19. The summed E-state index contributed by atoms with van der Waals surface area (Å²) in [6.07, 6.45) is 4.58. The number of aromatic nitrogens is 1. The zero-order valence-corrected chi connectivity index (χ0v) is 16.5. The smallest absolute Gasteiger partial charge is 0.191 e. The third-order valence-corrected chi connectivity index (χ3v) is 3.95. The average molecular weight is 370 g/mol. The molecule has 2 rings (SSSR count). The van der Waals surface area contributed by atoms with Crippen molar-refractivity contribution in [2.24, 2.45) is 4.99 Å². The van der Waals surface area contributed by atoms with Crippen LogP contribution < -0.4 is 15.4 Å². The van der Waals surface area contributed by atoms with Crippen molar-refractivity contribution in [3.8, 4) is 5.75 Å². The van der Waals surface area contributed by atoms with Gasteiger partial charge >= 0.3 is 0 Å². The highest BCUT2D eigenvalue weighted by atomic mass is 16.5. The zero-order chi connectivity index (χ0) is 19.3. The average Bonchev–Trinajstić information content (AvgIpc) is 2.68. The number of nitrogens with one attached hydrogen (secondary N) is 2. The number of benzene rings is 1. The number of nitrogens with zero attached hydrogens (tertiary/aromatic N) is 2. The van der Waals surface area contributed by atoms with Crippen molar-refractivity contribution in [3.63, 3.8) is 0 Å². The van der Waals surface area contributed by atoms with Gasteiger partial charge in [0, 0.05) is 38.2 Å². The van der Waals surface area contributed by atoms with Gasteiger partial charge < -0.3 is 20.1 Å². The normalized spacial score (nSPS) is 11.3. The van der Waals surface area contributed by atoms with E-state index < -0.39 is 0 Å². The Balaban J connectivity index is 1.96. The zero-order valence-electron chi connectivity index (χ0n) is 16.5. The molecule has 2 aromatic rings. The van der Waals surface area contributed by atoms with Crippen molar-refractivity contribution in [2.75, 3.05) is 33.4 Å². The van der Waals surface area contributed by atoms with Crippen LogP contribution in [0.3, 0.4) is 0 Å². The molecule has 0 fully saturated rings. The highest BCUT2D eigenvalue weighted by Crippen LogP contribution is 2.21. The maximum Gasteiger partial charge on any atom is 0.191 e. The van der Waals surface area contributed by atoms with Crippen LogP contribution in [-0.2, 0) is 17.7 Å². The van der Waals surface area contributed by atoms with Crippen LogP contribution in [0.15, 0.2) is 47.7 Å². The number of hydrogen-bond donors (Lipinski definition) is 2. The minimum absolute atomic E-state index is 0.528. The van der Waals surface area contributed by atoms with E-state index in [2.05, 4.69) is 47.7 Å². The standard InChI is InChI=1S/C21H30N4O2/c1-4-23-21(24-11-9-18-6-5-10-22-15-18)25-16-19-8-7-17(2)14-20(19)27-13-12-26-3/h5-8,10,14-15H,4,9,11-13,16H2,1-3H3,(H2,23,24,25). The molecule has 1 aromatic heterocycles. The van der Waals surface area contributed by atoms with Crippen molar-refractivity contribution in [2.45, 2.75) is 26.8 Å². The number of hydrogen-bond acceptors (Lipinski definition) is 4. The van der Waals surface area contributed by atoms with Crippen LogP contribution in [0.1, 0.15) is 23.6 Å². The molecule has 2 N–H and O–H groups in total. The minimum atomic E-state index is 0.528. The Labute approximate surface area is 162 Å². The van der Waals surface area contributed by atoms with E-state index in [0.717, 1.165) is 42.3 Å². The number of rotatable bonds is 10. The largest absolute Gasteiger partial charge is 0.491 e. The second kappa shape index (κ2) is 11.9. The summed E-state index contributed by atoms with van der Waals surface area (Å²) in [5.41, 5.74) is 3.42. The summed E-state index contributed by atoms with van der Waals surface area (Å²) >= 11 is 0. The van der Waals surface area contributed by atoms with Gasteiger partial charge in [-0.1, -0.05) is 18.2 Å². The van der Waals surface area contributed by atoms with Crippen LogP contribution in [0, 0.1) is 6.92 Å². The van der Waals surface area contributed by atoms with Crippen LogP contribution in [0.2, 0.25) is 0 Å². The molecule has 0 spiro atoms. The van der Waals surface area contributed by atoms with Gasteiger partial charge in [-0.3, -0.25) is 4.98 Å². The lowest BCUT2D eigenvalue weighted by molar-refractivity contribution is 0.145. The Hall–Kier alpha value is -2.60. The minimum Gasteiger partial charge on any atom is -0.491 e. The highest BCUT2D eigenvalue weighted by Gasteiger charge is 2.05. The van der Waals surface area contributed by atoms with Crippen molar-refractivity contribution in [1.29, 1.82) is 0 Å². The summed E-state index contributed by atoms with van der Waals surface area (Å²) < 4.78 is 10.9. The summed E-state index contributed by atoms with van der Waals surface area (Å²) in [7, 11) is 1.67. The Kier molecular flexibility index (Phi) is 9.13. The summed E-state index contributed by atoms with van der Waals surface area (Å²) in [6, 6.07) is 10.2. The van der Waals surface area contributed by atoms with Crippen molar-refractivity contribution in [3.05, 3.63) is 59.4 Å². The monoisotopic (exact) mass is 370 g/mol. The van der Waals surface area contributed by atoms with Gasteiger partial charge in [-0.2, -0.15) is 0 Å². The van der Waals surface area contributed by atoms with E-state index in [-0.39, 0.29) is 0 Å². The summed E-state index contributed by atoms with van der Waals surface area (Å²) in [5.74, 6) is 1.66. The van der Waals surface area contributed by atoms with Crippen LogP contribution >= 0.6 is 0 Å². The molecule has 0 atom stereocenters. The van der Waals surface area contributed by atoms with Gasteiger partial charge in [0.2, 0.25) is 0 Å². The predicted molar refractivity (Wildman–Crippen MR) is 109 cm³/mol. The summed E-state index contributed by atoms with van der Waals surface area (Å²) in [4.78, 5) is 8.85. The Bertz CT molecular complexity index is 705. The van der Waals surface area contributed by atoms with Crippen LogP contribution in [0.4, 0.5) is 0 Å². The molecule has 0 unspecified atom stereocenters. The van der Waals surface area contributed by atoms with Crippen LogP contribution in [0.25, 0.3) is 0 Å². The van der Waals surface area contributed by atoms with Gasteiger partial charge in [-0.25, -0.2) is 4.99 Å². The molecule has 0 aliphatic heterocycles. The van der Waals surface area contributed by atoms with Gasteiger partial charge in [0.25, 0.3) is 0 Å². The molecule has 6 nitrogen and oxygen atoms in total. The maximum absolute atomic E-state index is 5.85. The topological polar surface area (TPSA) is 67.8 Å². The van der Waals surface area contributed by atoms with Crippen molar-refractivity contribution in [1.82, 2.24) is 15.6 Å². The number of aryl methyl sites for hydroxylation is 1. The lowest BCUT2D eigenvalue weighted by Gasteiger charge is -2.13. The Morgan fingerprint density at radius 3 is 2.81 bits per heavy atom. The summed E-state index contributed by atoms with van der Waals surface area (Å²) in [5, 5.41) is 6.66. The SMILES string of the molecule is CCNC(=NCc1ccc(C)cc1OCCOC)NCCc1cccnc1. The van der Waals surface area contributed by atoms with E-state index in [9.17, 15) is 0 Å². The van der Waals surface area contributed by atoms with Crippen LogP contribution in [-0.4, -0.2) is 44.4 Å². The molecular formula is C21H30N4O2. The fourth-order valence-electron chi connectivity index (χ4n) is 2.54. The predicted octanol–water partition coefficient (Wildman–Crippen LogP) is 2.71. The molecule has 0 aliphatic rings. The van der Waals surface area contributed by atoms with Gasteiger partial charge in [-0.05, 0) is 43.5 Å². The first kappa shape index (κ1) is 20.7. The van der Waals surface area contributed by atoms with Gasteiger partial charge in [0.15, 0.2) is 5.96 Å². The lowest BCUT2D eigenvalue weighted by Crippen LogP contribution is -2.38. The third-order valence-electron chi connectivity index (χ3n) is 3.95. The van der Waals surface area contributed by atoms with Crippen LogP contribution in [0.5, 0.6) is 5.75 Å². The number of guanidine groups is 1. The first-order valence-corrected chi connectivity index (χ1v) is 9.35. The van der Waals surface area contributed by atoms with E-state index in [1.807, 2.05) is 18.3 Å². The molecule has 0 amide bonds. The second-order valence-electron chi connectivity index (χ2n) is 6.19. The van der Waals surface area contributed by atoms with Gasteiger partial charge in [0.05, 0.1) is 13.2 Å². The molecule has 27 heavy (non-hydrogen) atoms. The third kappa shape index (κ3) is 7.66. The van der Waals surface area contributed by atoms with E-state index >= 15 is 0 Å². The molecule has 6 heteroatoms. The van der Waals surface area contributed by atoms with Gasteiger partial charge in [0.1, 0.15) is 12.4 Å². The molecule has 0 aliphatic carbocycles. The molecule has 0 saturated heterocycles. The molecule has 146 valence electrons. The first-order valence-electron chi connectivity index (χ1n) is 9.35.